The first kappa shape index (κ1) is 26.4. The molecule has 37 heavy (non-hydrogen) atoms. The van der Waals surface area contributed by atoms with E-state index in [0.717, 1.165) is 11.1 Å². The first-order valence-electron chi connectivity index (χ1n) is 11.9. The fourth-order valence-corrected chi connectivity index (χ4v) is 5.91. The summed E-state index contributed by atoms with van der Waals surface area (Å²) >= 11 is 0. The second-order valence-electron chi connectivity index (χ2n) is 8.62. The van der Waals surface area contributed by atoms with Gasteiger partial charge in [0.05, 0.1) is 5.75 Å². The molecular weight excluding hydrogens is 501 g/mol. The minimum Gasteiger partial charge on any atom is -0.465 e. The van der Waals surface area contributed by atoms with Crippen molar-refractivity contribution in [2.24, 2.45) is 0 Å². The summed E-state index contributed by atoms with van der Waals surface area (Å²) in [5, 5.41) is 11.1. The number of hydrogen-bond donors (Lipinski definition) is 2. The molecule has 0 aliphatic carbocycles. The lowest BCUT2D eigenvalue weighted by atomic mass is 10.0. The molecule has 1 saturated heterocycles. The summed E-state index contributed by atoms with van der Waals surface area (Å²) < 4.78 is 41.2. The van der Waals surface area contributed by atoms with E-state index in [2.05, 4.69) is 25.3 Å². The van der Waals surface area contributed by atoms with Gasteiger partial charge >= 0.3 is 6.09 Å². The molecule has 2 N–H and O–H groups in total. The molecule has 0 bridgehead atoms. The molecule has 0 spiro atoms. The van der Waals surface area contributed by atoms with Gasteiger partial charge in [0.1, 0.15) is 11.6 Å². The Bertz CT molecular complexity index is 1270. The molecule has 1 aliphatic heterocycles. The Morgan fingerprint density at radius 2 is 1.65 bits per heavy atom. The van der Waals surface area contributed by atoms with Gasteiger partial charge in [-0.2, -0.15) is 4.31 Å². The summed E-state index contributed by atoms with van der Waals surface area (Å²) in [4.78, 5) is 29.9. The normalized spacial score (nSPS) is 15.3. The van der Waals surface area contributed by atoms with Crippen LogP contribution in [0.15, 0.2) is 55.1 Å². The van der Waals surface area contributed by atoms with Gasteiger partial charge < -0.3 is 15.3 Å². The molecular formula is C24H28FN7O4S. The van der Waals surface area contributed by atoms with Crippen LogP contribution < -0.4 is 10.2 Å². The smallest absolute Gasteiger partial charge is 0.404 e. The molecule has 4 rings (SSSR count). The van der Waals surface area contributed by atoms with E-state index in [1.54, 1.807) is 43.0 Å². The number of carboxylic acid groups (broad SMARTS) is 1. The van der Waals surface area contributed by atoms with Crippen LogP contribution in [0.5, 0.6) is 0 Å². The van der Waals surface area contributed by atoms with Crippen molar-refractivity contribution in [3.8, 4) is 11.1 Å². The minimum atomic E-state index is -3.62. The first-order valence-corrected chi connectivity index (χ1v) is 13.5. The lowest BCUT2D eigenvalue weighted by Crippen LogP contribution is -2.50. The van der Waals surface area contributed by atoms with Crippen LogP contribution in [-0.2, 0) is 10.0 Å². The maximum atomic E-state index is 13.3. The number of aromatic nitrogens is 4. The number of amides is 1. The van der Waals surface area contributed by atoms with Crippen LogP contribution in [0.2, 0.25) is 0 Å². The number of nitrogens with one attached hydrogen (secondary N) is 1. The summed E-state index contributed by atoms with van der Waals surface area (Å²) in [5.74, 6) is 0.000570. The lowest BCUT2D eigenvalue weighted by molar-refractivity contribution is 0.194. The fraction of sp³-hybridized carbons (Fsp3) is 0.375. The zero-order valence-electron chi connectivity index (χ0n) is 20.1. The van der Waals surface area contributed by atoms with Crippen molar-refractivity contribution in [3.05, 3.63) is 66.8 Å². The molecule has 13 heteroatoms. The summed E-state index contributed by atoms with van der Waals surface area (Å²) in [5.41, 5.74) is 1.57. The van der Waals surface area contributed by atoms with Gasteiger partial charge in [0.25, 0.3) is 0 Å². The van der Waals surface area contributed by atoms with E-state index in [4.69, 9.17) is 5.11 Å². The zero-order chi connectivity index (χ0) is 26.3. The average molecular weight is 530 g/mol. The van der Waals surface area contributed by atoms with Gasteiger partial charge in [-0.15, -0.1) is 0 Å². The number of hydrogen-bond acceptors (Lipinski definition) is 8. The Labute approximate surface area is 214 Å². The Kier molecular flexibility index (Phi) is 8.56. The van der Waals surface area contributed by atoms with Crippen molar-refractivity contribution in [1.82, 2.24) is 29.6 Å². The van der Waals surface area contributed by atoms with E-state index in [1.807, 2.05) is 4.90 Å². The van der Waals surface area contributed by atoms with Crippen LogP contribution >= 0.6 is 0 Å². The Balaban J connectivity index is 1.36. The molecule has 0 saturated carbocycles. The number of nitrogens with zero attached hydrogens (tertiary/aromatic N) is 6. The van der Waals surface area contributed by atoms with Gasteiger partial charge in [-0.3, -0.25) is 0 Å². The van der Waals surface area contributed by atoms with Crippen LogP contribution in [-0.4, -0.2) is 82.3 Å². The maximum absolute atomic E-state index is 13.3. The van der Waals surface area contributed by atoms with Crippen molar-refractivity contribution in [2.75, 3.05) is 43.4 Å². The second kappa shape index (κ2) is 12.0. The number of halogens is 1. The van der Waals surface area contributed by atoms with Gasteiger partial charge in [-0.1, -0.05) is 12.1 Å². The number of sulfonamides is 1. The maximum Gasteiger partial charge on any atom is 0.404 e. The summed E-state index contributed by atoms with van der Waals surface area (Å²) in [6, 6.07) is 7.74. The van der Waals surface area contributed by atoms with Crippen LogP contribution in [0.1, 0.15) is 24.6 Å². The van der Waals surface area contributed by atoms with Gasteiger partial charge in [0.2, 0.25) is 16.0 Å². The van der Waals surface area contributed by atoms with Crippen molar-refractivity contribution in [2.45, 2.75) is 18.8 Å². The highest BCUT2D eigenvalue weighted by Crippen LogP contribution is 2.24. The van der Waals surface area contributed by atoms with Crippen LogP contribution in [0.3, 0.4) is 0 Å². The summed E-state index contributed by atoms with van der Waals surface area (Å²) in [7, 11) is -3.62. The minimum absolute atomic E-state index is 0.160. The topological polar surface area (TPSA) is 142 Å². The van der Waals surface area contributed by atoms with Gasteiger partial charge in [-0.05, 0) is 36.6 Å². The third-order valence-corrected chi connectivity index (χ3v) is 8.07. The van der Waals surface area contributed by atoms with E-state index >= 15 is 0 Å². The molecule has 2 aromatic heterocycles. The number of rotatable bonds is 10. The SMILES string of the molecule is O=C(O)NCCCC(CS(=O)(=O)N1CCN(c2ncc(-c3ccc(F)cc3)cn2)CC1)c1ncccn1. The van der Waals surface area contributed by atoms with Crippen molar-refractivity contribution >= 4 is 22.1 Å². The average Bonchev–Trinajstić information content (AvgIpc) is 2.91. The van der Waals surface area contributed by atoms with Crippen molar-refractivity contribution in [3.63, 3.8) is 0 Å². The van der Waals surface area contributed by atoms with Gasteiger partial charge in [0, 0.05) is 69.0 Å². The van der Waals surface area contributed by atoms with E-state index < -0.39 is 22.0 Å². The third-order valence-electron chi connectivity index (χ3n) is 6.10. The fourth-order valence-electron chi connectivity index (χ4n) is 4.15. The molecule has 11 nitrogen and oxygen atoms in total. The molecule has 1 fully saturated rings. The summed E-state index contributed by atoms with van der Waals surface area (Å²) in [6.45, 7) is 1.66. The van der Waals surface area contributed by atoms with Crippen LogP contribution in [0, 0.1) is 5.82 Å². The van der Waals surface area contributed by atoms with Gasteiger partial charge in [0.15, 0.2) is 0 Å². The molecule has 196 valence electrons. The highest BCUT2D eigenvalue weighted by atomic mass is 32.2. The molecule has 0 radical (unpaired) electrons. The zero-order valence-corrected chi connectivity index (χ0v) is 20.9. The monoisotopic (exact) mass is 529 g/mol. The van der Waals surface area contributed by atoms with Crippen molar-refractivity contribution < 1.29 is 22.7 Å². The summed E-state index contributed by atoms with van der Waals surface area (Å²) in [6.07, 6.45) is 6.24. The second-order valence-corrected chi connectivity index (χ2v) is 10.6. The molecule has 1 unspecified atom stereocenters. The standard InChI is InChI=1S/C24H28FN7O4S/c25-21-6-4-18(5-7-21)20-15-29-23(30-16-20)31-11-13-32(14-12-31)37(35,36)17-19(3-1-8-28-24(33)34)22-26-9-2-10-27-22/h2,4-7,9-10,15-16,19,28H,1,3,8,11-14,17H2,(H,33,34). The molecule has 3 heterocycles. The number of anilines is 1. The largest absolute Gasteiger partial charge is 0.465 e. The Hall–Kier alpha value is -3.71. The third kappa shape index (κ3) is 7.17. The first-order chi connectivity index (χ1) is 17.8. The highest BCUT2D eigenvalue weighted by Gasteiger charge is 2.31. The molecule has 1 aromatic carbocycles. The van der Waals surface area contributed by atoms with E-state index in [9.17, 15) is 17.6 Å². The highest BCUT2D eigenvalue weighted by molar-refractivity contribution is 7.89. The Morgan fingerprint density at radius 3 is 2.27 bits per heavy atom. The molecule has 3 aromatic rings. The van der Waals surface area contributed by atoms with E-state index in [0.29, 0.717) is 37.7 Å². The van der Waals surface area contributed by atoms with Gasteiger partial charge in [-0.25, -0.2) is 37.5 Å². The quantitative estimate of drug-likeness (QED) is 0.379. The molecule has 1 aliphatic rings. The predicted octanol–water partition coefficient (Wildman–Crippen LogP) is 2.36. The van der Waals surface area contributed by atoms with E-state index in [-0.39, 0.29) is 31.2 Å². The number of carbonyl (C=O) groups is 1. The van der Waals surface area contributed by atoms with Crippen LogP contribution in [0.4, 0.5) is 15.1 Å². The molecule has 1 amide bonds. The predicted molar refractivity (Wildman–Crippen MR) is 135 cm³/mol. The number of benzene rings is 1. The number of piperazine rings is 1. The molecule has 1 atom stereocenters. The van der Waals surface area contributed by atoms with Crippen LogP contribution in [0.25, 0.3) is 11.1 Å². The Morgan fingerprint density at radius 1 is 1.00 bits per heavy atom. The lowest BCUT2D eigenvalue weighted by Gasteiger charge is -2.34. The van der Waals surface area contributed by atoms with E-state index in [1.165, 1.54) is 16.4 Å². The van der Waals surface area contributed by atoms with Crippen molar-refractivity contribution in [1.29, 1.82) is 0 Å².